The second-order valence-electron chi connectivity index (χ2n) is 7.08. The van der Waals surface area contributed by atoms with E-state index in [0.29, 0.717) is 12.1 Å². The largest absolute Gasteiger partial charge is 0.508 e. The topological polar surface area (TPSA) is 49.3 Å². The highest BCUT2D eigenvalue weighted by Gasteiger charge is 2.01. The summed E-state index contributed by atoms with van der Waals surface area (Å²) in [5.41, 5.74) is 0.632. The molecule has 0 saturated heterocycles. The van der Waals surface area contributed by atoms with E-state index >= 15 is 0 Å². The number of carbonyl (C=O) groups excluding carboxylic acids is 1. The van der Waals surface area contributed by atoms with Crippen LogP contribution in [0.3, 0.4) is 0 Å². The monoisotopic (exact) mass is 395 g/mol. The molecule has 0 atom stereocenters. The first kappa shape index (κ1) is 24.5. The van der Waals surface area contributed by atoms with Crippen molar-refractivity contribution in [2.24, 2.45) is 0 Å². The molecule has 158 valence electrons. The van der Waals surface area contributed by atoms with Crippen LogP contribution in [0.1, 0.15) is 71.1 Å². The van der Waals surface area contributed by atoms with Gasteiger partial charge in [-0.1, -0.05) is 74.4 Å². The van der Waals surface area contributed by atoms with Crippen molar-refractivity contribution in [2.45, 2.75) is 71.1 Å². The van der Waals surface area contributed by atoms with Gasteiger partial charge in [-0.15, -0.1) is 0 Å². The average molecular weight is 396 g/mol. The van der Waals surface area contributed by atoms with Crippen LogP contribution in [0.2, 0.25) is 0 Å². The quantitative estimate of drug-likeness (QED) is 0.239. The third-order valence-corrected chi connectivity index (χ3v) is 4.36. The zero-order valence-corrected chi connectivity index (χ0v) is 17.9. The van der Waals surface area contributed by atoms with E-state index in [4.69, 9.17) is 0 Å². The fourth-order valence-electron chi connectivity index (χ4n) is 2.75. The minimum absolute atomic E-state index is 0.0218. The number of hydrogen-bond acceptors (Lipinski definition) is 2. The van der Waals surface area contributed by atoms with Crippen LogP contribution < -0.4 is 5.32 Å². The van der Waals surface area contributed by atoms with Crippen LogP contribution in [0.15, 0.2) is 72.9 Å². The molecule has 0 unspecified atom stereocenters. The van der Waals surface area contributed by atoms with Gasteiger partial charge >= 0.3 is 0 Å². The van der Waals surface area contributed by atoms with E-state index < -0.39 is 0 Å². The van der Waals surface area contributed by atoms with E-state index in [1.807, 2.05) is 0 Å². The van der Waals surface area contributed by atoms with E-state index in [2.05, 4.69) is 60.8 Å². The van der Waals surface area contributed by atoms with Crippen molar-refractivity contribution in [1.29, 1.82) is 0 Å². The number of rotatable bonds is 15. The van der Waals surface area contributed by atoms with E-state index in [1.165, 1.54) is 25.7 Å². The van der Waals surface area contributed by atoms with Gasteiger partial charge in [0, 0.05) is 18.2 Å². The number of anilines is 1. The van der Waals surface area contributed by atoms with Crippen molar-refractivity contribution in [3.8, 4) is 5.75 Å². The molecule has 0 aromatic heterocycles. The Bertz CT molecular complexity index is 671. The number of phenolic OH excluding ortho intramolecular Hbond substituents is 1. The lowest BCUT2D eigenvalue weighted by molar-refractivity contribution is -0.116. The zero-order chi connectivity index (χ0) is 21.0. The van der Waals surface area contributed by atoms with Gasteiger partial charge in [0.2, 0.25) is 5.91 Å². The van der Waals surface area contributed by atoms with Crippen LogP contribution in [-0.4, -0.2) is 11.0 Å². The Morgan fingerprint density at radius 2 is 1.45 bits per heavy atom. The fourth-order valence-corrected chi connectivity index (χ4v) is 2.75. The molecule has 0 heterocycles. The van der Waals surface area contributed by atoms with Gasteiger partial charge in [0.1, 0.15) is 5.75 Å². The number of hydrogen-bond donors (Lipinski definition) is 2. The van der Waals surface area contributed by atoms with Gasteiger partial charge in [0.05, 0.1) is 0 Å². The van der Waals surface area contributed by atoms with E-state index in [0.717, 1.165) is 32.1 Å². The lowest BCUT2D eigenvalue weighted by Gasteiger charge is -2.04. The Morgan fingerprint density at radius 3 is 2.03 bits per heavy atom. The van der Waals surface area contributed by atoms with Crippen molar-refractivity contribution < 1.29 is 9.90 Å². The first-order valence-corrected chi connectivity index (χ1v) is 10.9. The lowest BCUT2D eigenvalue weighted by atomic mass is 10.2. The molecule has 0 aliphatic carbocycles. The third kappa shape index (κ3) is 15.1. The SMILES string of the molecule is CCCCC/C=C\C/C=C\C/C=C\C/C=C\CCCC(=O)Nc1cccc(O)c1. The summed E-state index contributed by atoms with van der Waals surface area (Å²) in [4.78, 5) is 11.8. The number of benzene rings is 1. The molecule has 0 aliphatic rings. The van der Waals surface area contributed by atoms with Crippen LogP contribution in [0.5, 0.6) is 5.75 Å². The van der Waals surface area contributed by atoms with Crippen molar-refractivity contribution >= 4 is 11.6 Å². The second-order valence-corrected chi connectivity index (χ2v) is 7.08. The molecule has 1 aromatic rings. The maximum absolute atomic E-state index is 11.8. The molecular weight excluding hydrogens is 358 g/mol. The van der Waals surface area contributed by atoms with E-state index in [1.54, 1.807) is 24.3 Å². The molecule has 0 aliphatic heterocycles. The molecule has 0 radical (unpaired) electrons. The summed E-state index contributed by atoms with van der Waals surface area (Å²) in [6, 6.07) is 6.61. The molecular formula is C26H37NO2. The standard InChI is InChI=1S/C26H37NO2/c1-2-3-4-5-6-7-8-9-10-11-12-13-14-15-16-17-18-22-26(29)27-24-20-19-21-25(28)23-24/h6-7,9-10,12-13,15-16,19-21,23,28H,2-5,8,11,14,17-18,22H2,1H3,(H,27,29)/b7-6-,10-9-,13-12-,16-15-. The van der Waals surface area contributed by atoms with Crippen molar-refractivity contribution in [3.05, 3.63) is 72.9 Å². The number of amides is 1. The van der Waals surface area contributed by atoms with Crippen LogP contribution >= 0.6 is 0 Å². The van der Waals surface area contributed by atoms with Crippen molar-refractivity contribution in [3.63, 3.8) is 0 Å². The highest BCUT2D eigenvalue weighted by atomic mass is 16.3. The summed E-state index contributed by atoms with van der Waals surface area (Å²) >= 11 is 0. The summed E-state index contributed by atoms with van der Waals surface area (Å²) in [5, 5.41) is 12.2. The maximum Gasteiger partial charge on any atom is 0.224 e. The summed E-state index contributed by atoms with van der Waals surface area (Å²) in [5.74, 6) is 0.135. The minimum atomic E-state index is -0.0218. The Morgan fingerprint density at radius 1 is 0.862 bits per heavy atom. The van der Waals surface area contributed by atoms with Crippen LogP contribution in [-0.2, 0) is 4.79 Å². The van der Waals surface area contributed by atoms with Gasteiger partial charge in [-0.3, -0.25) is 4.79 Å². The van der Waals surface area contributed by atoms with Gasteiger partial charge < -0.3 is 10.4 Å². The van der Waals surface area contributed by atoms with E-state index in [-0.39, 0.29) is 11.7 Å². The predicted molar refractivity (Wildman–Crippen MR) is 125 cm³/mol. The summed E-state index contributed by atoms with van der Waals surface area (Å²) in [7, 11) is 0. The minimum Gasteiger partial charge on any atom is -0.508 e. The second kappa shape index (κ2) is 17.5. The molecule has 2 N–H and O–H groups in total. The predicted octanol–water partition coefficient (Wildman–Crippen LogP) is 7.48. The number of carbonyl (C=O) groups is 1. The van der Waals surface area contributed by atoms with E-state index in [9.17, 15) is 9.90 Å². The molecule has 0 bridgehead atoms. The molecule has 0 spiro atoms. The highest BCUT2D eigenvalue weighted by Crippen LogP contribution is 2.15. The zero-order valence-electron chi connectivity index (χ0n) is 17.9. The number of unbranched alkanes of at least 4 members (excludes halogenated alkanes) is 4. The van der Waals surface area contributed by atoms with Gasteiger partial charge in [-0.25, -0.2) is 0 Å². The Kier molecular flexibility index (Phi) is 14.8. The molecule has 0 fully saturated rings. The molecule has 3 nitrogen and oxygen atoms in total. The third-order valence-electron chi connectivity index (χ3n) is 4.36. The first-order chi connectivity index (χ1) is 14.2. The summed E-state index contributed by atoms with van der Waals surface area (Å²) in [6.45, 7) is 2.23. The van der Waals surface area contributed by atoms with Gasteiger partial charge in [-0.05, 0) is 57.1 Å². The van der Waals surface area contributed by atoms with Crippen molar-refractivity contribution in [1.82, 2.24) is 0 Å². The normalized spacial score (nSPS) is 12.0. The van der Waals surface area contributed by atoms with Gasteiger partial charge in [0.15, 0.2) is 0 Å². The number of allylic oxidation sites excluding steroid dienone is 8. The van der Waals surface area contributed by atoms with Crippen LogP contribution in [0.4, 0.5) is 5.69 Å². The average Bonchev–Trinajstić information content (AvgIpc) is 2.70. The lowest BCUT2D eigenvalue weighted by Crippen LogP contribution is -2.10. The Balaban J connectivity index is 1.99. The maximum atomic E-state index is 11.8. The van der Waals surface area contributed by atoms with Gasteiger partial charge in [0.25, 0.3) is 0 Å². The Labute approximate surface area is 176 Å². The molecule has 1 rings (SSSR count). The van der Waals surface area contributed by atoms with Crippen molar-refractivity contribution in [2.75, 3.05) is 5.32 Å². The molecule has 1 amide bonds. The number of phenols is 1. The highest BCUT2D eigenvalue weighted by molar-refractivity contribution is 5.90. The molecule has 1 aromatic carbocycles. The number of aromatic hydroxyl groups is 1. The van der Waals surface area contributed by atoms with Gasteiger partial charge in [-0.2, -0.15) is 0 Å². The summed E-state index contributed by atoms with van der Waals surface area (Å²) in [6.07, 6.45) is 27.9. The smallest absolute Gasteiger partial charge is 0.224 e. The molecule has 0 saturated carbocycles. The van der Waals surface area contributed by atoms with Crippen LogP contribution in [0.25, 0.3) is 0 Å². The van der Waals surface area contributed by atoms with Crippen LogP contribution in [0, 0.1) is 0 Å². The summed E-state index contributed by atoms with van der Waals surface area (Å²) < 4.78 is 0. The fraction of sp³-hybridized carbons (Fsp3) is 0.423. The molecule has 29 heavy (non-hydrogen) atoms. The molecule has 3 heteroatoms. The Hall–Kier alpha value is -2.55. The first-order valence-electron chi connectivity index (χ1n) is 10.9. The number of nitrogens with one attached hydrogen (secondary N) is 1.